The fourth-order valence-corrected chi connectivity index (χ4v) is 2.65. The molecule has 0 spiro atoms. The number of anilines is 1. The summed E-state index contributed by atoms with van der Waals surface area (Å²) in [7, 11) is 0. The van der Waals surface area contributed by atoms with E-state index in [9.17, 15) is 9.59 Å². The maximum absolute atomic E-state index is 12.4. The molecule has 5 heteroatoms. The zero-order valence-electron chi connectivity index (χ0n) is 14.8. The molecule has 1 aromatic carbocycles. The molecule has 1 aliphatic carbocycles. The van der Waals surface area contributed by atoms with Gasteiger partial charge in [0.05, 0.1) is 11.8 Å². The monoisotopic (exact) mass is 341 g/mol. The molecule has 1 amide bonds. The Hall–Kier alpha value is -2.56. The zero-order valence-corrected chi connectivity index (χ0v) is 14.8. The number of nitrogens with one attached hydrogen (secondary N) is 1. The summed E-state index contributed by atoms with van der Waals surface area (Å²) in [5.41, 5.74) is 2.53. The van der Waals surface area contributed by atoms with Crippen LogP contribution in [0, 0.1) is 0 Å². The normalized spacial score (nSPS) is 14.2. The van der Waals surface area contributed by atoms with Gasteiger partial charge >= 0.3 is 6.09 Å². The molecule has 1 heterocycles. The molecule has 0 aliphatic heterocycles. The standard InChI is InChI=1S/C20H23NO4/c1-20(2,3)25-19(23)21-17-10-14(13-4-5-13)6-7-15(17)11-18(22)16-8-9-24-12-16/h6-10,12-13H,4-5,11H2,1-3H3,(H,21,23). The van der Waals surface area contributed by atoms with Crippen molar-refractivity contribution >= 4 is 17.6 Å². The van der Waals surface area contributed by atoms with Gasteiger partial charge in [0.25, 0.3) is 0 Å². The summed E-state index contributed by atoms with van der Waals surface area (Å²) < 4.78 is 10.3. The Labute approximate surface area is 147 Å². The molecule has 1 aliphatic rings. The number of ether oxygens (including phenoxy) is 1. The van der Waals surface area contributed by atoms with Gasteiger partial charge in [0.15, 0.2) is 5.78 Å². The summed E-state index contributed by atoms with van der Waals surface area (Å²) in [5.74, 6) is 0.498. The predicted molar refractivity (Wildman–Crippen MR) is 95.0 cm³/mol. The van der Waals surface area contributed by atoms with Crippen LogP contribution < -0.4 is 5.32 Å². The van der Waals surface area contributed by atoms with Gasteiger partial charge in [0, 0.05) is 12.1 Å². The zero-order chi connectivity index (χ0) is 18.0. The van der Waals surface area contributed by atoms with E-state index in [2.05, 4.69) is 5.32 Å². The third-order valence-electron chi connectivity index (χ3n) is 4.01. The van der Waals surface area contributed by atoms with Crippen molar-refractivity contribution in [3.05, 3.63) is 53.5 Å². The highest BCUT2D eigenvalue weighted by Crippen LogP contribution is 2.41. The molecule has 2 aromatic rings. The molecule has 0 bridgehead atoms. The van der Waals surface area contributed by atoms with E-state index in [0.717, 1.165) is 5.56 Å². The van der Waals surface area contributed by atoms with Crippen molar-refractivity contribution in [1.82, 2.24) is 0 Å². The Morgan fingerprint density at radius 3 is 2.60 bits per heavy atom. The third-order valence-corrected chi connectivity index (χ3v) is 4.01. The molecule has 0 saturated heterocycles. The van der Waals surface area contributed by atoms with E-state index in [1.807, 2.05) is 39.0 Å². The van der Waals surface area contributed by atoms with Gasteiger partial charge in [0.1, 0.15) is 11.9 Å². The van der Waals surface area contributed by atoms with Crippen molar-refractivity contribution < 1.29 is 18.7 Å². The van der Waals surface area contributed by atoms with E-state index >= 15 is 0 Å². The van der Waals surface area contributed by atoms with Crippen molar-refractivity contribution in [1.29, 1.82) is 0 Å². The van der Waals surface area contributed by atoms with Crippen LogP contribution in [0.1, 0.15) is 61.0 Å². The number of Topliss-reactive ketones (excluding diaryl/α,β-unsaturated/α-hetero) is 1. The van der Waals surface area contributed by atoms with Gasteiger partial charge in [-0.2, -0.15) is 0 Å². The third kappa shape index (κ3) is 4.72. The first-order valence-corrected chi connectivity index (χ1v) is 8.50. The van der Waals surface area contributed by atoms with Crippen LogP contribution >= 0.6 is 0 Å². The Balaban J connectivity index is 1.81. The number of carbonyl (C=O) groups excluding carboxylic acids is 2. The summed E-state index contributed by atoms with van der Waals surface area (Å²) in [6, 6.07) is 7.55. The predicted octanol–water partition coefficient (Wildman–Crippen LogP) is 4.93. The maximum Gasteiger partial charge on any atom is 0.412 e. The van der Waals surface area contributed by atoms with E-state index in [4.69, 9.17) is 9.15 Å². The molecule has 25 heavy (non-hydrogen) atoms. The first-order chi connectivity index (χ1) is 11.8. The van der Waals surface area contributed by atoms with E-state index in [-0.39, 0.29) is 12.2 Å². The minimum absolute atomic E-state index is 0.0554. The maximum atomic E-state index is 12.4. The Morgan fingerprint density at radius 1 is 1.24 bits per heavy atom. The molecule has 0 atom stereocenters. The summed E-state index contributed by atoms with van der Waals surface area (Å²) >= 11 is 0. The number of furan rings is 1. The van der Waals surface area contributed by atoms with Gasteiger partial charge in [-0.25, -0.2) is 4.79 Å². The van der Waals surface area contributed by atoms with Crippen molar-refractivity contribution in [2.45, 2.75) is 51.6 Å². The van der Waals surface area contributed by atoms with Gasteiger partial charge < -0.3 is 9.15 Å². The summed E-state index contributed by atoms with van der Waals surface area (Å²) in [6.07, 6.45) is 4.91. The van der Waals surface area contributed by atoms with Crippen molar-refractivity contribution in [3.8, 4) is 0 Å². The lowest BCUT2D eigenvalue weighted by Gasteiger charge is -2.20. The van der Waals surface area contributed by atoms with E-state index < -0.39 is 11.7 Å². The van der Waals surface area contributed by atoms with Crippen LogP contribution in [0.4, 0.5) is 10.5 Å². The summed E-state index contributed by atoms with van der Waals surface area (Å²) in [4.78, 5) is 24.5. The quantitative estimate of drug-likeness (QED) is 0.783. The van der Waals surface area contributed by atoms with E-state index in [1.165, 1.54) is 30.9 Å². The lowest BCUT2D eigenvalue weighted by molar-refractivity contribution is 0.0635. The fraction of sp³-hybridized carbons (Fsp3) is 0.400. The van der Waals surface area contributed by atoms with Gasteiger partial charge in [-0.05, 0) is 62.8 Å². The molecule has 0 unspecified atom stereocenters. The number of hydrogen-bond donors (Lipinski definition) is 1. The van der Waals surface area contributed by atoms with Crippen molar-refractivity contribution in [2.75, 3.05) is 5.32 Å². The number of carbonyl (C=O) groups is 2. The van der Waals surface area contributed by atoms with Crippen LogP contribution in [0.25, 0.3) is 0 Å². The Kier molecular flexibility index (Phi) is 4.66. The second-order valence-electron chi connectivity index (χ2n) is 7.43. The Bertz CT molecular complexity index is 767. The van der Waals surface area contributed by atoms with Gasteiger partial charge in [-0.1, -0.05) is 12.1 Å². The molecule has 1 N–H and O–H groups in total. The lowest BCUT2D eigenvalue weighted by Crippen LogP contribution is -2.27. The van der Waals surface area contributed by atoms with Gasteiger partial charge in [-0.15, -0.1) is 0 Å². The Morgan fingerprint density at radius 2 is 2.00 bits per heavy atom. The van der Waals surface area contributed by atoms with Crippen LogP contribution in [0.2, 0.25) is 0 Å². The minimum Gasteiger partial charge on any atom is -0.472 e. The molecule has 0 radical (unpaired) electrons. The van der Waals surface area contributed by atoms with Crippen LogP contribution in [-0.4, -0.2) is 17.5 Å². The second kappa shape index (κ2) is 6.75. The summed E-state index contributed by atoms with van der Waals surface area (Å²) in [5, 5.41) is 2.80. The molecular formula is C20H23NO4. The van der Waals surface area contributed by atoms with Gasteiger partial charge in [0.2, 0.25) is 0 Å². The highest BCUT2D eigenvalue weighted by molar-refractivity contribution is 5.98. The molecule has 132 valence electrons. The smallest absolute Gasteiger partial charge is 0.412 e. The SMILES string of the molecule is CC(C)(C)OC(=O)Nc1cc(C2CC2)ccc1CC(=O)c1ccoc1. The topological polar surface area (TPSA) is 68.5 Å². The van der Waals surface area contributed by atoms with Crippen LogP contribution in [0.3, 0.4) is 0 Å². The first kappa shape index (κ1) is 17.3. The van der Waals surface area contributed by atoms with Crippen LogP contribution in [0.5, 0.6) is 0 Å². The van der Waals surface area contributed by atoms with E-state index in [1.54, 1.807) is 6.07 Å². The first-order valence-electron chi connectivity index (χ1n) is 8.50. The van der Waals surface area contributed by atoms with E-state index in [0.29, 0.717) is 17.2 Å². The molecule has 1 saturated carbocycles. The highest BCUT2D eigenvalue weighted by Gasteiger charge is 2.25. The molecule has 1 aromatic heterocycles. The summed E-state index contributed by atoms with van der Waals surface area (Å²) in [6.45, 7) is 5.45. The molecule has 1 fully saturated rings. The second-order valence-corrected chi connectivity index (χ2v) is 7.43. The van der Waals surface area contributed by atoms with Crippen LogP contribution in [0.15, 0.2) is 41.2 Å². The van der Waals surface area contributed by atoms with Crippen molar-refractivity contribution in [3.63, 3.8) is 0 Å². The average Bonchev–Trinajstić information content (AvgIpc) is 3.21. The minimum atomic E-state index is -0.578. The largest absolute Gasteiger partial charge is 0.472 e. The number of amides is 1. The molecule has 5 nitrogen and oxygen atoms in total. The number of hydrogen-bond acceptors (Lipinski definition) is 4. The number of rotatable bonds is 5. The number of ketones is 1. The van der Waals surface area contributed by atoms with Crippen molar-refractivity contribution in [2.24, 2.45) is 0 Å². The lowest BCUT2D eigenvalue weighted by atomic mass is 10.00. The average molecular weight is 341 g/mol. The molecular weight excluding hydrogens is 318 g/mol. The highest BCUT2D eigenvalue weighted by atomic mass is 16.6. The fourth-order valence-electron chi connectivity index (χ4n) is 2.65. The molecule has 3 rings (SSSR count). The number of benzene rings is 1. The van der Waals surface area contributed by atoms with Crippen LogP contribution in [-0.2, 0) is 11.2 Å². The van der Waals surface area contributed by atoms with Gasteiger partial charge in [-0.3, -0.25) is 10.1 Å².